The molecule has 1 aliphatic rings. The minimum Gasteiger partial charge on any atom is -0.398 e. The molecule has 4 nitrogen and oxygen atoms in total. The number of anilines is 2. The van der Waals surface area contributed by atoms with Gasteiger partial charge in [0.2, 0.25) is 0 Å². The maximum absolute atomic E-state index is 11.7. The van der Waals surface area contributed by atoms with E-state index in [1.54, 1.807) is 6.07 Å². The predicted octanol–water partition coefficient (Wildman–Crippen LogP) is 2.94. The average Bonchev–Trinajstić information content (AvgIpc) is 2.76. The lowest BCUT2D eigenvalue weighted by molar-refractivity contribution is 0.248. The zero-order chi connectivity index (χ0) is 12.3. The van der Waals surface area contributed by atoms with E-state index < -0.39 is 0 Å². The number of carbonyl (C=O) groups is 1. The van der Waals surface area contributed by atoms with Crippen molar-refractivity contribution in [2.45, 2.75) is 31.7 Å². The first-order valence-electron chi connectivity index (χ1n) is 5.77. The topological polar surface area (TPSA) is 67.1 Å². The van der Waals surface area contributed by atoms with Crippen LogP contribution in [0.3, 0.4) is 0 Å². The monoisotopic (exact) mass is 345 g/mol. The van der Waals surface area contributed by atoms with Crippen LogP contribution in [0, 0.1) is 3.57 Å². The Morgan fingerprint density at radius 2 is 2.06 bits per heavy atom. The molecule has 0 bridgehead atoms. The predicted molar refractivity (Wildman–Crippen MR) is 78.0 cm³/mol. The molecule has 1 fully saturated rings. The molecule has 0 aliphatic heterocycles. The van der Waals surface area contributed by atoms with E-state index in [0.717, 1.165) is 22.1 Å². The molecule has 1 aliphatic carbocycles. The summed E-state index contributed by atoms with van der Waals surface area (Å²) in [6.07, 6.45) is 4.59. The fourth-order valence-corrected chi connectivity index (χ4v) is 2.38. The highest BCUT2D eigenvalue weighted by molar-refractivity contribution is 14.1. The summed E-state index contributed by atoms with van der Waals surface area (Å²) in [7, 11) is 0. The molecule has 2 rings (SSSR count). The van der Waals surface area contributed by atoms with Crippen molar-refractivity contribution in [1.82, 2.24) is 5.32 Å². The second kappa shape index (κ2) is 5.57. The molecule has 4 N–H and O–H groups in total. The van der Waals surface area contributed by atoms with Crippen LogP contribution in [-0.2, 0) is 0 Å². The SMILES string of the molecule is Nc1cc(NC(=O)NC2CCCC2)ccc1I. The molecule has 0 unspecified atom stereocenters. The zero-order valence-electron chi connectivity index (χ0n) is 9.50. The molecule has 0 saturated heterocycles. The molecule has 0 atom stereocenters. The highest BCUT2D eigenvalue weighted by Gasteiger charge is 2.16. The number of rotatable bonds is 2. The Morgan fingerprint density at radius 1 is 1.35 bits per heavy atom. The van der Waals surface area contributed by atoms with Crippen LogP contribution < -0.4 is 16.4 Å². The quantitative estimate of drug-likeness (QED) is 0.570. The molecule has 1 aromatic carbocycles. The summed E-state index contributed by atoms with van der Waals surface area (Å²) < 4.78 is 0.990. The molecule has 1 saturated carbocycles. The molecule has 0 heterocycles. The van der Waals surface area contributed by atoms with E-state index in [0.29, 0.717) is 11.7 Å². The van der Waals surface area contributed by atoms with Gasteiger partial charge in [-0.2, -0.15) is 0 Å². The highest BCUT2D eigenvalue weighted by Crippen LogP contribution is 2.20. The molecule has 0 radical (unpaired) electrons. The highest BCUT2D eigenvalue weighted by atomic mass is 127. The first-order chi connectivity index (χ1) is 8.15. The number of halogens is 1. The number of amides is 2. The Kier molecular flexibility index (Phi) is 4.09. The molecule has 92 valence electrons. The van der Waals surface area contributed by atoms with Crippen LogP contribution in [0.4, 0.5) is 16.2 Å². The van der Waals surface area contributed by atoms with E-state index in [1.165, 1.54) is 12.8 Å². The molecule has 2 amide bonds. The van der Waals surface area contributed by atoms with Crippen LogP contribution in [0.5, 0.6) is 0 Å². The minimum atomic E-state index is -0.141. The van der Waals surface area contributed by atoms with Gasteiger partial charge in [-0.3, -0.25) is 0 Å². The third-order valence-electron chi connectivity index (χ3n) is 2.94. The molecule has 0 spiro atoms. The third-order valence-corrected chi connectivity index (χ3v) is 3.93. The van der Waals surface area contributed by atoms with E-state index >= 15 is 0 Å². The fraction of sp³-hybridized carbons (Fsp3) is 0.417. The number of hydrogen-bond donors (Lipinski definition) is 3. The van der Waals surface area contributed by atoms with Crippen molar-refractivity contribution in [2.24, 2.45) is 0 Å². The number of urea groups is 1. The Morgan fingerprint density at radius 3 is 2.71 bits per heavy atom. The molecule has 1 aromatic rings. The van der Waals surface area contributed by atoms with Crippen LogP contribution in [0.15, 0.2) is 18.2 Å². The molecule has 5 heteroatoms. The molecular weight excluding hydrogens is 329 g/mol. The van der Waals surface area contributed by atoms with E-state index in [2.05, 4.69) is 33.2 Å². The van der Waals surface area contributed by atoms with Crippen molar-refractivity contribution in [1.29, 1.82) is 0 Å². The number of benzene rings is 1. The number of nitrogens with two attached hydrogens (primary N) is 1. The number of nitrogen functional groups attached to an aromatic ring is 1. The van der Waals surface area contributed by atoms with Crippen molar-refractivity contribution in [3.63, 3.8) is 0 Å². The smallest absolute Gasteiger partial charge is 0.319 e. The maximum atomic E-state index is 11.7. The maximum Gasteiger partial charge on any atom is 0.319 e. The van der Waals surface area contributed by atoms with Gasteiger partial charge in [-0.05, 0) is 53.6 Å². The van der Waals surface area contributed by atoms with Gasteiger partial charge in [0, 0.05) is 21.0 Å². The average molecular weight is 345 g/mol. The van der Waals surface area contributed by atoms with Gasteiger partial charge in [0.25, 0.3) is 0 Å². The zero-order valence-corrected chi connectivity index (χ0v) is 11.7. The summed E-state index contributed by atoms with van der Waals surface area (Å²) >= 11 is 2.16. The van der Waals surface area contributed by atoms with Crippen molar-refractivity contribution in [2.75, 3.05) is 11.1 Å². The van der Waals surface area contributed by atoms with Gasteiger partial charge in [-0.1, -0.05) is 12.8 Å². The van der Waals surface area contributed by atoms with Gasteiger partial charge < -0.3 is 16.4 Å². The van der Waals surface area contributed by atoms with Crippen LogP contribution in [0.2, 0.25) is 0 Å². The molecule has 0 aromatic heterocycles. The van der Waals surface area contributed by atoms with Gasteiger partial charge in [-0.15, -0.1) is 0 Å². The second-order valence-corrected chi connectivity index (χ2v) is 5.48. The normalized spacial score (nSPS) is 15.8. The lowest BCUT2D eigenvalue weighted by Crippen LogP contribution is -2.36. The Balaban J connectivity index is 1.90. The standard InChI is InChI=1S/C12H16IN3O/c13-10-6-5-9(7-11(10)14)16-12(17)15-8-3-1-2-4-8/h5-8H,1-4,14H2,(H2,15,16,17). The first-order valence-corrected chi connectivity index (χ1v) is 6.85. The van der Waals surface area contributed by atoms with E-state index in [-0.39, 0.29) is 6.03 Å². The Labute approximate surface area is 114 Å². The van der Waals surface area contributed by atoms with Crippen molar-refractivity contribution in [3.8, 4) is 0 Å². The summed E-state index contributed by atoms with van der Waals surface area (Å²) in [4.78, 5) is 11.7. The van der Waals surface area contributed by atoms with Crippen LogP contribution in [0.1, 0.15) is 25.7 Å². The number of nitrogens with one attached hydrogen (secondary N) is 2. The Bertz CT molecular complexity index is 416. The number of carbonyl (C=O) groups excluding carboxylic acids is 1. The van der Waals surface area contributed by atoms with Crippen LogP contribution in [0.25, 0.3) is 0 Å². The summed E-state index contributed by atoms with van der Waals surface area (Å²) in [5.41, 5.74) is 7.20. The lowest BCUT2D eigenvalue weighted by atomic mass is 10.2. The summed E-state index contributed by atoms with van der Waals surface area (Å²) in [6.45, 7) is 0. The van der Waals surface area contributed by atoms with E-state index in [1.807, 2.05) is 12.1 Å². The molecular formula is C12H16IN3O. The third kappa shape index (κ3) is 3.49. The lowest BCUT2D eigenvalue weighted by Gasteiger charge is -2.13. The summed E-state index contributed by atoms with van der Waals surface area (Å²) in [6, 6.07) is 5.71. The van der Waals surface area contributed by atoms with E-state index in [9.17, 15) is 4.79 Å². The number of hydrogen-bond acceptors (Lipinski definition) is 2. The summed E-state index contributed by atoms with van der Waals surface area (Å²) in [5, 5.41) is 5.77. The van der Waals surface area contributed by atoms with Crippen molar-refractivity contribution in [3.05, 3.63) is 21.8 Å². The van der Waals surface area contributed by atoms with Crippen molar-refractivity contribution < 1.29 is 4.79 Å². The largest absolute Gasteiger partial charge is 0.398 e. The van der Waals surface area contributed by atoms with Gasteiger partial charge in [0.05, 0.1) is 0 Å². The summed E-state index contributed by atoms with van der Waals surface area (Å²) in [5.74, 6) is 0. The Hall–Kier alpha value is -0.980. The van der Waals surface area contributed by atoms with Gasteiger partial charge >= 0.3 is 6.03 Å². The van der Waals surface area contributed by atoms with Gasteiger partial charge in [0.15, 0.2) is 0 Å². The van der Waals surface area contributed by atoms with E-state index in [4.69, 9.17) is 5.73 Å². The minimum absolute atomic E-state index is 0.141. The fourth-order valence-electron chi connectivity index (χ4n) is 2.04. The van der Waals surface area contributed by atoms with Gasteiger partial charge in [0.1, 0.15) is 0 Å². The molecule has 17 heavy (non-hydrogen) atoms. The first kappa shape index (κ1) is 12.5. The van der Waals surface area contributed by atoms with Gasteiger partial charge in [-0.25, -0.2) is 4.79 Å². The second-order valence-electron chi connectivity index (χ2n) is 4.32. The van der Waals surface area contributed by atoms with Crippen LogP contribution >= 0.6 is 22.6 Å². The van der Waals surface area contributed by atoms with Crippen molar-refractivity contribution >= 4 is 40.0 Å². The van der Waals surface area contributed by atoms with Crippen LogP contribution in [-0.4, -0.2) is 12.1 Å².